The maximum Gasteiger partial charge on any atom is 0.257 e. The van der Waals surface area contributed by atoms with E-state index in [0.717, 1.165) is 23.4 Å². The number of sulfonamides is 1. The molecule has 32 heavy (non-hydrogen) atoms. The fourth-order valence-electron chi connectivity index (χ4n) is 3.32. The van der Waals surface area contributed by atoms with Crippen LogP contribution >= 0.6 is 11.8 Å². The normalized spacial score (nSPS) is 16.1. The van der Waals surface area contributed by atoms with Crippen molar-refractivity contribution in [2.45, 2.75) is 31.6 Å². The third-order valence-corrected chi connectivity index (χ3v) is 7.17. The number of ether oxygens (including phenoxy) is 2. The summed E-state index contributed by atoms with van der Waals surface area (Å²) in [6.07, 6.45) is 1.75. The Morgan fingerprint density at radius 3 is 2.59 bits per heavy atom. The molecule has 0 aromatic heterocycles. The zero-order chi connectivity index (χ0) is 22.7. The van der Waals surface area contributed by atoms with Gasteiger partial charge in [-0.15, -0.1) is 4.40 Å². The molecule has 2 heterocycles. The second-order valence-corrected chi connectivity index (χ2v) is 10.2. The standard InChI is InChI=1S/C22H25N3O5S2/c1-3-10-29-18-8-6-16(14-19(18)30-11-4-2)23-21(26)15-5-7-17-20(13-15)31-22-24-32(27,28)12-9-25(17)22/h5-8,13-14H,3-4,9-12H2,1-2H3,(H,23,26). The van der Waals surface area contributed by atoms with Crippen LogP contribution in [0.25, 0.3) is 0 Å². The molecule has 2 aromatic rings. The SMILES string of the molecule is CCCOc1ccc(NC(=O)c2ccc3c(c2)SC2=NS(=O)(=O)CCN23)cc1OCCC. The van der Waals surface area contributed by atoms with Crippen molar-refractivity contribution in [1.82, 2.24) is 0 Å². The van der Waals surface area contributed by atoms with Gasteiger partial charge in [0.05, 0.1) is 24.7 Å². The zero-order valence-electron chi connectivity index (χ0n) is 18.0. The molecule has 0 atom stereocenters. The third kappa shape index (κ3) is 4.86. The smallest absolute Gasteiger partial charge is 0.257 e. The van der Waals surface area contributed by atoms with Gasteiger partial charge in [-0.1, -0.05) is 13.8 Å². The average Bonchev–Trinajstić information content (AvgIpc) is 3.12. The third-order valence-electron chi connectivity index (χ3n) is 4.86. The van der Waals surface area contributed by atoms with Crippen molar-refractivity contribution < 1.29 is 22.7 Å². The summed E-state index contributed by atoms with van der Waals surface area (Å²) in [5, 5.41) is 3.34. The van der Waals surface area contributed by atoms with Gasteiger partial charge in [-0.25, -0.2) is 8.42 Å². The summed E-state index contributed by atoms with van der Waals surface area (Å²) in [5.41, 5.74) is 1.95. The van der Waals surface area contributed by atoms with Gasteiger partial charge in [0, 0.05) is 28.8 Å². The van der Waals surface area contributed by atoms with E-state index in [-0.39, 0.29) is 11.7 Å². The molecular weight excluding hydrogens is 450 g/mol. The van der Waals surface area contributed by atoms with E-state index in [9.17, 15) is 13.2 Å². The number of fused-ring (bicyclic) bond motifs is 3. The van der Waals surface area contributed by atoms with E-state index in [0.29, 0.717) is 47.7 Å². The van der Waals surface area contributed by atoms with Gasteiger partial charge >= 0.3 is 0 Å². The number of anilines is 2. The molecule has 1 amide bonds. The molecule has 0 saturated heterocycles. The summed E-state index contributed by atoms with van der Waals surface area (Å²) >= 11 is 1.26. The Labute approximate surface area is 192 Å². The van der Waals surface area contributed by atoms with E-state index in [1.165, 1.54) is 11.8 Å². The lowest BCUT2D eigenvalue weighted by molar-refractivity contribution is 0.102. The van der Waals surface area contributed by atoms with E-state index >= 15 is 0 Å². The van der Waals surface area contributed by atoms with E-state index in [4.69, 9.17) is 9.47 Å². The first kappa shape index (κ1) is 22.5. The number of benzene rings is 2. The van der Waals surface area contributed by atoms with Gasteiger partial charge in [0.2, 0.25) is 0 Å². The van der Waals surface area contributed by atoms with Crippen molar-refractivity contribution in [2.75, 3.05) is 35.7 Å². The first-order chi connectivity index (χ1) is 15.4. The number of carbonyl (C=O) groups excluding carboxylic acids is 1. The highest BCUT2D eigenvalue weighted by molar-refractivity contribution is 8.15. The minimum atomic E-state index is -3.42. The van der Waals surface area contributed by atoms with Crippen LogP contribution in [0.2, 0.25) is 0 Å². The molecule has 2 aliphatic heterocycles. The number of hydrogen-bond acceptors (Lipinski definition) is 7. The Morgan fingerprint density at radius 2 is 1.84 bits per heavy atom. The van der Waals surface area contributed by atoms with E-state index < -0.39 is 10.0 Å². The largest absolute Gasteiger partial charge is 0.490 e. The molecule has 10 heteroatoms. The Hall–Kier alpha value is -2.72. The van der Waals surface area contributed by atoms with Crippen LogP contribution in [0, 0.1) is 0 Å². The molecule has 1 N–H and O–H groups in total. The van der Waals surface area contributed by atoms with Crippen LogP contribution in [-0.2, 0) is 10.0 Å². The number of carbonyl (C=O) groups is 1. The molecule has 8 nitrogen and oxygen atoms in total. The van der Waals surface area contributed by atoms with Crippen LogP contribution in [-0.4, -0.2) is 45.0 Å². The van der Waals surface area contributed by atoms with Gasteiger partial charge in [-0.2, -0.15) is 0 Å². The maximum atomic E-state index is 12.9. The lowest BCUT2D eigenvalue weighted by Crippen LogP contribution is -2.35. The van der Waals surface area contributed by atoms with Crippen LogP contribution in [0.15, 0.2) is 45.7 Å². The highest BCUT2D eigenvalue weighted by Crippen LogP contribution is 2.42. The summed E-state index contributed by atoms with van der Waals surface area (Å²) < 4.78 is 39.0. The minimum Gasteiger partial charge on any atom is -0.490 e. The molecule has 0 unspecified atom stereocenters. The molecule has 0 aliphatic carbocycles. The van der Waals surface area contributed by atoms with Crippen LogP contribution in [0.4, 0.5) is 11.4 Å². The minimum absolute atomic E-state index is 0.0147. The van der Waals surface area contributed by atoms with Crippen LogP contribution in [0.1, 0.15) is 37.0 Å². The summed E-state index contributed by atoms with van der Waals surface area (Å²) in [6.45, 7) is 5.56. The van der Waals surface area contributed by atoms with E-state index in [2.05, 4.69) is 9.71 Å². The predicted molar refractivity (Wildman–Crippen MR) is 127 cm³/mol. The molecule has 2 aliphatic rings. The van der Waals surface area contributed by atoms with Crippen LogP contribution in [0.5, 0.6) is 11.5 Å². The number of amidine groups is 1. The topological polar surface area (TPSA) is 97.3 Å². The molecule has 0 radical (unpaired) electrons. The molecular formula is C22H25N3O5S2. The molecule has 4 rings (SSSR count). The van der Waals surface area contributed by atoms with Gasteiger partial charge in [-0.05, 0) is 54.9 Å². The lowest BCUT2D eigenvalue weighted by Gasteiger charge is -2.22. The van der Waals surface area contributed by atoms with Gasteiger partial charge in [0.25, 0.3) is 15.9 Å². The van der Waals surface area contributed by atoms with Gasteiger partial charge in [0.15, 0.2) is 16.7 Å². The first-order valence-corrected chi connectivity index (χ1v) is 13.0. The second-order valence-electron chi connectivity index (χ2n) is 7.41. The van der Waals surface area contributed by atoms with Gasteiger partial charge < -0.3 is 19.7 Å². The Bertz CT molecular complexity index is 1160. The number of amides is 1. The van der Waals surface area contributed by atoms with E-state index in [1.807, 2.05) is 24.8 Å². The predicted octanol–water partition coefficient (Wildman–Crippen LogP) is 4.13. The molecule has 0 spiro atoms. The fraction of sp³-hybridized carbons (Fsp3) is 0.364. The number of thioether (sulfide) groups is 1. The highest BCUT2D eigenvalue weighted by Gasteiger charge is 2.33. The van der Waals surface area contributed by atoms with Crippen molar-refractivity contribution in [3.8, 4) is 11.5 Å². The number of hydrogen-bond donors (Lipinski definition) is 1. The highest BCUT2D eigenvalue weighted by atomic mass is 32.2. The molecule has 0 bridgehead atoms. The quantitative estimate of drug-likeness (QED) is 0.613. The summed E-state index contributed by atoms with van der Waals surface area (Å²) in [5.74, 6) is 0.967. The molecule has 170 valence electrons. The lowest BCUT2D eigenvalue weighted by atomic mass is 10.1. The van der Waals surface area contributed by atoms with Crippen molar-refractivity contribution in [1.29, 1.82) is 0 Å². The number of nitrogens with one attached hydrogen (secondary N) is 1. The Morgan fingerprint density at radius 1 is 1.09 bits per heavy atom. The number of nitrogens with zero attached hydrogens (tertiary/aromatic N) is 2. The molecule has 0 fully saturated rings. The summed E-state index contributed by atoms with van der Waals surface area (Å²) in [7, 11) is -3.42. The molecule has 2 aromatic carbocycles. The first-order valence-electron chi connectivity index (χ1n) is 10.5. The summed E-state index contributed by atoms with van der Waals surface area (Å²) in [4.78, 5) is 15.6. The van der Waals surface area contributed by atoms with Crippen molar-refractivity contribution in [3.05, 3.63) is 42.0 Å². The fourth-order valence-corrected chi connectivity index (χ4v) is 5.61. The summed E-state index contributed by atoms with van der Waals surface area (Å²) in [6, 6.07) is 10.7. The van der Waals surface area contributed by atoms with Crippen molar-refractivity contribution >= 4 is 44.2 Å². The van der Waals surface area contributed by atoms with Gasteiger partial charge in [0.1, 0.15) is 0 Å². The van der Waals surface area contributed by atoms with Crippen LogP contribution in [0.3, 0.4) is 0 Å². The van der Waals surface area contributed by atoms with E-state index in [1.54, 1.807) is 30.3 Å². The van der Waals surface area contributed by atoms with Gasteiger partial charge in [-0.3, -0.25) is 4.79 Å². The van der Waals surface area contributed by atoms with Crippen molar-refractivity contribution in [3.63, 3.8) is 0 Å². The maximum absolute atomic E-state index is 12.9. The average molecular weight is 476 g/mol. The zero-order valence-corrected chi connectivity index (χ0v) is 19.6. The second kappa shape index (κ2) is 9.41. The Balaban J connectivity index is 1.52. The van der Waals surface area contributed by atoms with Crippen LogP contribution < -0.4 is 19.7 Å². The molecule has 0 saturated carbocycles. The number of rotatable bonds is 8. The Kier molecular flexibility index (Phi) is 6.61. The van der Waals surface area contributed by atoms with Crippen molar-refractivity contribution in [2.24, 2.45) is 4.40 Å². The monoisotopic (exact) mass is 475 g/mol.